The lowest BCUT2D eigenvalue weighted by atomic mass is 9.88. The number of carbonyl (C=O) groups is 3. The molecule has 2 rings (SSSR count). The molecule has 1 atom stereocenters. The van der Waals surface area contributed by atoms with Gasteiger partial charge in [0.05, 0.1) is 17.8 Å². The Labute approximate surface area is 158 Å². The summed E-state index contributed by atoms with van der Waals surface area (Å²) >= 11 is 1.00. The number of nitrogens with two attached hydrogens (primary N) is 1. The topological polar surface area (TPSA) is 92.5 Å². The molecule has 3 N–H and O–H groups in total. The van der Waals surface area contributed by atoms with E-state index in [1.807, 2.05) is 20.8 Å². The van der Waals surface area contributed by atoms with Crippen LogP contribution in [0.1, 0.15) is 36.7 Å². The number of benzene rings is 1. The van der Waals surface area contributed by atoms with Crippen molar-refractivity contribution in [3.63, 3.8) is 0 Å². The minimum absolute atomic E-state index is 0. The summed E-state index contributed by atoms with van der Waals surface area (Å²) in [7, 11) is 0. The largest absolute Gasteiger partial charge is 0.345 e. The number of nitrogens with zero attached hydrogens (tertiary/aromatic N) is 1. The Morgan fingerprint density at radius 3 is 2.60 bits per heavy atom. The highest BCUT2D eigenvalue weighted by Gasteiger charge is 2.31. The van der Waals surface area contributed by atoms with E-state index in [9.17, 15) is 14.4 Å². The zero-order chi connectivity index (χ0) is 17.9. The maximum atomic E-state index is 12.5. The van der Waals surface area contributed by atoms with Gasteiger partial charge in [0.2, 0.25) is 5.91 Å². The number of rotatable bonds is 6. The molecule has 138 valence electrons. The quantitative estimate of drug-likeness (QED) is 0.784. The number of thioether (sulfide) groups is 1. The molecule has 0 saturated carbocycles. The third-order valence-corrected chi connectivity index (χ3v) is 5.33. The van der Waals surface area contributed by atoms with Crippen LogP contribution in [0.4, 0.5) is 4.79 Å². The average molecular weight is 386 g/mol. The van der Waals surface area contributed by atoms with Crippen LogP contribution < -0.4 is 11.1 Å². The fourth-order valence-electron chi connectivity index (χ4n) is 2.29. The molecule has 6 nitrogen and oxygen atoms in total. The number of hydrogen-bond donors (Lipinski definition) is 2. The highest BCUT2D eigenvalue weighted by molar-refractivity contribution is 8.14. The van der Waals surface area contributed by atoms with Crippen molar-refractivity contribution in [2.24, 2.45) is 11.7 Å². The molecule has 0 radical (unpaired) electrons. The smallest absolute Gasteiger partial charge is 0.289 e. The van der Waals surface area contributed by atoms with Gasteiger partial charge in [-0.25, -0.2) is 0 Å². The van der Waals surface area contributed by atoms with Crippen molar-refractivity contribution >= 4 is 41.2 Å². The van der Waals surface area contributed by atoms with Crippen LogP contribution in [0.25, 0.3) is 0 Å². The second-order valence-corrected chi connectivity index (χ2v) is 7.39. The zero-order valence-corrected chi connectivity index (χ0v) is 16.2. The lowest BCUT2D eigenvalue weighted by molar-refractivity contribution is -0.125. The van der Waals surface area contributed by atoms with Crippen LogP contribution in [0, 0.1) is 5.92 Å². The fourth-order valence-corrected chi connectivity index (χ4v) is 3.01. The monoisotopic (exact) mass is 385 g/mol. The van der Waals surface area contributed by atoms with E-state index in [0.29, 0.717) is 12.1 Å². The van der Waals surface area contributed by atoms with E-state index in [1.165, 1.54) is 4.90 Å². The van der Waals surface area contributed by atoms with E-state index in [0.717, 1.165) is 17.3 Å². The van der Waals surface area contributed by atoms with E-state index >= 15 is 0 Å². The highest BCUT2D eigenvalue weighted by Crippen LogP contribution is 2.22. The number of nitrogens with one attached hydrogen (secondary N) is 1. The van der Waals surface area contributed by atoms with Gasteiger partial charge in [-0.05, 0) is 30.5 Å². The van der Waals surface area contributed by atoms with Crippen LogP contribution in [-0.4, -0.2) is 39.8 Å². The molecule has 1 fully saturated rings. The molecule has 25 heavy (non-hydrogen) atoms. The van der Waals surface area contributed by atoms with Crippen LogP contribution in [0.5, 0.6) is 0 Å². The number of amides is 3. The fraction of sp³-hybridized carbons (Fsp3) is 0.471. The first-order chi connectivity index (χ1) is 11.3. The van der Waals surface area contributed by atoms with Crippen LogP contribution in [0.15, 0.2) is 24.3 Å². The average Bonchev–Trinajstić information content (AvgIpc) is 2.86. The summed E-state index contributed by atoms with van der Waals surface area (Å²) in [5, 5.41) is 2.74. The Hall–Kier alpha value is -1.57. The molecule has 0 bridgehead atoms. The molecule has 1 unspecified atom stereocenters. The summed E-state index contributed by atoms with van der Waals surface area (Å²) in [5.74, 6) is -0.0452. The summed E-state index contributed by atoms with van der Waals surface area (Å²) in [6.45, 7) is 6.45. The summed E-state index contributed by atoms with van der Waals surface area (Å²) in [4.78, 5) is 37.1. The Kier molecular flexibility index (Phi) is 7.46. The van der Waals surface area contributed by atoms with Crippen molar-refractivity contribution in [1.82, 2.24) is 10.2 Å². The van der Waals surface area contributed by atoms with Crippen molar-refractivity contribution in [3.05, 3.63) is 35.4 Å². The summed E-state index contributed by atoms with van der Waals surface area (Å²) in [6, 6.07) is 6.96. The maximum Gasteiger partial charge on any atom is 0.289 e. The predicted molar refractivity (Wildman–Crippen MR) is 102 cm³/mol. The van der Waals surface area contributed by atoms with Crippen molar-refractivity contribution in [3.8, 4) is 0 Å². The second kappa shape index (κ2) is 8.69. The lowest BCUT2D eigenvalue weighted by Gasteiger charge is -2.33. The second-order valence-electron chi connectivity index (χ2n) is 6.47. The van der Waals surface area contributed by atoms with Gasteiger partial charge in [-0.3, -0.25) is 19.3 Å². The van der Waals surface area contributed by atoms with Gasteiger partial charge in [-0.1, -0.05) is 37.7 Å². The molecular formula is C17H24ClN3O3S. The molecule has 1 heterocycles. The molecule has 1 aliphatic rings. The van der Waals surface area contributed by atoms with E-state index in [4.69, 9.17) is 5.73 Å². The van der Waals surface area contributed by atoms with Crippen molar-refractivity contribution in [2.45, 2.75) is 32.9 Å². The lowest BCUT2D eigenvalue weighted by Crippen LogP contribution is -2.55. The van der Waals surface area contributed by atoms with E-state index in [2.05, 4.69) is 5.32 Å². The van der Waals surface area contributed by atoms with Gasteiger partial charge in [0, 0.05) is 12.1 Å². The minimum Gasteiger partial charge on any atom is -0.345 e. The van der Waals surface area contributed by atoms with Crippen LogP contribution in [0.3, 0.4) is 0 Å². The number of halogens is 1. The van der Waals surface area contributed by atoms with Gasteiger partial charge in [-0.15, -0.1) is 12.4 Å². The third-order valence-electron chi connectivity index (χ3n) is 4.47. The zero-order valence-electron chi connectivity index (χ0n) is 14.6. The summed E-state index contributed by atoms with van der Waals surface area (Å²) in [6.07, 6.45) is 0. The predicted octanol–water partition coefficient (Wildman–Crippen LogP) is 2.41. The molecule has 0 aromatic heterocycles. The number of imide groups is 1. The van der Waals surface area contributed by atoms with Crippen molar-refractivity contribution in [2.75, 3.05) is 12.3 Å². The molecule has 1 aromatic rings. The first-order valence-corrected chi connectivity index (χ1v) is 8.84. The SMILES string of the molecule is CC(C)C(C)(CN)NC(=O)c1cccc(CN2C(=O)CSC2=O)c1.Cl. The van der Waals surface area contributed by atoms with Crippen LogP contribution in [-0.2, 0) is 11.3 Å². The first kappa shape index (κ1) is 21.5. The van der Waals surface area contributed by atoms with Crippen LogP contribution >= 0.6 is 24.2 Å². The Morgan fingerprint density at radius 2 is 2.08 bits per heavy atom. The molecule has 1 saturated heterocycles. The van der Waals surface area contributed by atoms with E-state index in [1.54, 1.807) is 24.3 Å². The molecule has 1 aromatic carbocycles. The Bertz CT molecular complexity index is 652. The maximum absolute atomic E-state index is 12.5. The Balaban J connectivity index is 0.00000312. The molecule has 1 aliphatic heterocycles. The van der Waals surface area contributed by atoms with Gasteiger partial charge in [0.1, 0.15) is 0 Å². The van der Waals surface area contributed by atoms with Gasteiger partial charge in [-0.2, -0.15) is 0 Å². The van der Waals surface area contributed by atoms with Crippen LogP contribution in [0.2, 0.25) is 0 Å². The highest BCUT2D eigenvalue weighted by atomic mass is 35.5. The standard InChI is InChI=1S/C17H23N3O3S.ClH/c1-11(2)17(3,10-18)19-15(22)13-6-4-5-12(7-13)8-20-14(21)9-24-16(20)23;/h4-7,11H,8-10,18H2,1-3H3,(H,19,22);1H. The van der Waals surface area contributed by atoms with Gasteiger partial charge in [0.25, 0.3) is 11.1 Å². The number of hydrogen-bond acceptors (Lipinski definition) is 5. The normalized spacial score (nSPS) is 16.6. The van der Waals surface area contributed by atoms with Crippen molar-refractivity contribution in [1.29, 1.82) is 0 Å². The van der Waals surface area contributed by atoms with Gasteiger partial charge < -0.3 is 11.1 Å². The molecule has 3 amide bonds. The van der Waals surface area contributed by atoms with Crippen molar-refractivity contribution < 1.29 is 14.4 Å². The van der Waals surface area contributed by atoms with E-state index in [-0.39, 0.29) is 47.7 Å². The first-order valence-electron chi connectivity index (χ1n) is 7.85. The minimum atomic E-state index is -0.495. The molecule has 8 heteroatoms. The van der Waals surface area contributed by atoms with Gasteiger partial charge >= 0.3 is 0 Å². The Morgan fingerprint density at radius 1 is 1.40 bits per heavy atom. The molecule has 0 aliphatic carbocycles. The summed E-state index contributed by atoms with van der Waals surface area (Å²) < 4.78 is 0. The number of carbonyl (C=O) groups excluding carboxylic acids is 3. The van der Waals surface area contributed by atoms with E-state index < -0.39 is 5.54 Å². The van der Waals surface area contributed by atoms with Gasteiger partial charge in [0.15, 0.2) is 0 Å². The molecular weight excluding hydrogens is 362 g/mol. The molecule has 0 spiro atoms. The summed E-state index contributed by atoms with van der Waals surface area (Å²) in [5.41, 5.74) is 6.54. The third kappa shape index (κ3) is 4.96.